The molecule has 1 saturated heterocycles. The fourth-order valence-corrected chi connectivity index (χ4v) is 6.22. The Hall–Kier alpha value is -4.01. The van der Waals surface area contributed by atoms with Gasteiger partial charge in [-0.25, -0.2) is 0 Å². The summed E-state index contributed by atoms with van der Waals surface area (Å²) >= 11 is 9.45. The lowest BCUT2D eigenvalue weighted by Crippen LogP contribution is -2.32. The van der Waals surface area contributed by atoms with E-state index in [1.165, 1.54) is 0 Å². The predicted molar refractivity (Wildman–Crippen MR) is 166 cm³/mol. The number of hydrogen-bond donors (Lipinski definition) is 2. The average Bonchev–Trinajstić information content (AvgIpc) is 3.57. The normalized spacial score (nSPS) is 16.8. The summed E-state index contributed by atoms with van der Waals surface area (Å²) in [7, 11) is 0. The van der Waals surface area contributed by atoms with Gasteiger partial charge in [0.1, 0.15) is 17.6 Å². The molecule has 0 radical (unpaired) electrons. The van der Waals surface area contributed by atoms with E-state index in [4.69, 9.17) is 16.6 Å². The predicted octanol–water partition coefficient (Wildman–Crippen LogP) is 7.57. The maximum absolute atomic E-state index is 13.1. The van der Waals surface area contributed by atoms with Crippen LogP contribution >= 0.6 is 28.1 Å². The van der Waals surface area contributed by atoms with Crippen LogP contribution in [0.2, 0.25) is 0 Å². The maximum atomic E-state index is 13.1. The van der Waals surface area contributed by atoms with Crippen molar-refractivity contribution in [2.75, 3.05) is 11.9 Å². The van der Waals surface area contributed by atoms with Crippen LogP contribution in [0.3, 0.4) is 0 Å². The SMILES string of the molecule is Cc1ccc(-c2ccc([C@H]3[C@H](c4ccccn4)NC(=S)N3CCC(=O)Nc3cccc4ccccc34)o2)c(Br)c1. The summed E-state index contributed by atoms with van der Waals surface area (Å²) in [6.45, 7) is 2.47. The van der Waals surface area contributed by atoms with Crippen LogP contribution in [0, 0.1) is 6.92 Å². The molecule has 3 heterocycles. The topological polar surface area (TPSA) is 70.4 Å². The molecule has 1 fully saturated rings. The Kier molecular flexibility index (Phi) is 7.36. The molecule has 1 amide bonds. The standard InChI is InChI=1S/C32H27BrN4O2S/c1-20-12-13-23(24(33)19-20)27-14-15-28(39-27)31-30(26-10-4-5-17-34-26)36-32(40)37(31)18-16-29(38)35-25-11-6-8-21-7-2-3-9-22(21)25/h2-15,17,19,30-31H,16,18H2,1H3,(H,35,38)(H,36,40)/t30-,31-/m0/s1. The Morgan fingerprint density at radius 3 is 2.70 bits per heavy atom. The lowest BCUT2D eigenvalue weighted by molar-refractivity contribution is -0.116. The van der Waals surface area contributed by atoms with Gasteiger partial charge in [-0.05, 0) is 72.6 Å². The summed E-state index contributed by atoms with van der Waals surface area (Å²) in [5.74, 6) is 1.43. The van der Waals surface area contributed by atoms with Crippen LogP contribution < -0.4 is 10.6 Å². The second-order valence-electron chi connectivity index (χ2n) is 9.83. The first-order valence-electron chi connectivity index (χ1n) is 13.1. The molecule has 1 aliphatic rings. The number of carbonyl (C=O) groups is 1. The molecule has 0 aliphatic carbocycles. The molecular formula is C32H27BrN4O2S. The first-order valence-corrected chi connectivity index (χ1v) is 14.3. The number of furan rings is 1. The number of hydrogen-bond acceptors (Lipinski definition) is 4. The highest BCUT2D eigenvalue weighted by Gasteiger charge is 2.41. The fourth-order valence-electron chi connectivity index (χ4n) is 5.20. The van der Waals surface area contributed by atoms with Crippen molar-refractivity contribution < 1.29 is 9.21 Å². The van der Waals surface area contributed by atoms with Crippen LogP contribution in [0.1, 0.15) is 35.5 Å². The van der Waals surface area contributed by atoms with E-state index in [9.17, 15) is 4.79 Å². The van der Waals surface area contributed by atoms with E-state index in [0.29, 0.717) is 11.7 Å². The number of pyridine rings is 1. The van der Waals surface area contributed by atoms with E-state index in [2.05, 4.69) is 50.6 Å². The first-order chi connectivity index (χ1) is 19.5. The van der Waals surface area contributed by atoms with Crippen molar-refractivity contribution in [3.8, 4) is 11.3 Å². The highest BCUT2D eigenvalue weighted by molar-refractivity contribution is 9.10. The van der Waals surface area contributed by atoms with Gasteiger partial charge in [-0.2, -0.15) is 0 Å². The number of halogens is 1. The molecule has 0 spiro atoms. The summed E-state index contributed by atoms with van der Waals surface area (Å²) in [6.07, 6.45) is 2.03. The zero-order valence-electron chi connectivity index (χ0n) is 21.8. The molecule has 5 aromatic rings. The summed E-state index contributed by atoms with van der Waals surface area (Å²) < 4.78 is 7.42. The number of anilines is 1. The Balaban J connectivity index is 1.26. The van der Waals surface area contributed by atoms with Crippen LogP contribution in [0.5, 0.6) is 0 Å². The van der Waals surface area contributed by atoms with Crippen molar-refractivity contribution in [2.24, 2.45) is 0 Å². The molecule has 0 bridgehead atoms. The van der Waals surface area contributed by atoms with Gasteiger partial charge < -0.3 is 20.0 Å². The average molecular weight is 612 g/mol. The van der Waals surface area contributed by atoms with Gasteiger partial charge in [0, 0.05) is 40.3 Å². The molecule has 0 saturated carbocycles. The number of thiocarbonyl (C=S) groups is 1. The van der Waals surface area contributed by atoms with Gasteiger partial charge in [-0.3, -0.25) is 9.78 Å². The number of amides is 1. The fraction of sp³-hybridized carbons (Fsp3) is 0.156. The second-order valence-corrected chi connectivity index (χ2v) is 11.1. The molecular weight excluding hydrogens is 584 g/mol. The zero-order valence-corrected chi connectivity index (χ0v) is 24.2. The number of fused-ring (bicyclic) bond motifs is 1. The zero-order chi connectivity index (χ0) is 27.6. The number of aromatic nitrogens is 1. The quantitative estimate of drug-likeness (QED) is 0.185. The van der Waals surface area contributed by atoms with Gasteiger partial charge in [0.05, 0.1) is 11.7 Å². The summed E-state index contributed by atoms with van der Waals surface area (Å²) in [6, 6.07) is 29.4. The van der Waals surface area contributed by atoms with E-state index < -0.39 is 0 Å². The van der Waals surface area contributed by atoms with Crippen LogP contribution in [-0.4, -0.2) is 27.4 Å². The van der Waals surface area contributed by atoms with Crippen LogP contribution in [0.4, 0.5) is 5.69 Å². The highest BCUT2D eigenvalue weighted by atomic mass is 79.9. The minimum Gasteiger partial charge on any atom is -0.459 e. The Bertz CT molecular complexity index is 1700. The number of nitrogens with zero attached hydrogens (tertiary/aromatic N) is 2. The molecule has 40 heavy (non-hydrogen) atoms. The third-order valence-electron chi connectivity index (χ3n) is 7.15. The Morgan fingerprint density at radius 2 is 1.88 bits per heavy atom. The van der Waals surface area contributed by atoms with E-state index in [0.717, 1.165) is 49.3 Å². The monoisotopic (exact) mass is 610 g/mol. The van der Waals surface area contributed by atoms with E-state index in [1.807, 2.05) is 83.8 Å². The Morgan fingerprint density at radius 1 is 1.05 bits per heavy atom. The van der Waals surface area contributed by atoms with E-state index in [1.54, 1.807) is 6.20 Å². The molecule has 200 valence electrons. The molecule has 2 N–H and O–H groups in total. The molecule has 6 nitrogen and oxygen atoms in total. The summed E-state index contributed by atoms with van der Waals surface area (Å²) in [4.78, 5) is 19.8. The van der Waals surface area contributed by atoms with Crippen molar-refractivity contribution >= 4 is 55.6 Å². The number of benzene rings is 3. The van der Waals surface area contributed by atoms with E-state index in [-0.39, 0.29) is 24.4 Å². The molecule has 2 aromatic heterocycles. The van der Waals surface area contributed by atoms with Crippen LogP contribution in [0.25, 0.3) is 22.1 Å². The third-order valence-corrected chi connectivity index (χ3v) is 8.16. The largest absolute Gasteiger partial charge is 0.459 e. The van der Waals surface area contributed by atoms with Crippen molar-refractivity contribution in [3.63, 3.8) is 0 Å². The second kappa shape index (κ2) is 11.2. The van der Waals surface area contributed by atoms with Gasteiger partial charge in [-0.15, -0.1) is 0 Å². The van der Waals surface area contributed by atoms with Crippen molar-refractivity contribution in [3.05, 3.63) is 119 Å². The molecule has 0 unspecified atom stereocenters. The third kappa shape index (κ3) is 5.24. The van der Waals surface area contributed by atoms with Gasteiger partial charge in [0.25, 0.3) is 0 Å². The number of carbonyl (C=O) groups excluding carboxylic acids is 1. The molecule has 1 aliphatic heterocycles. The number of rotatable bonds is 7. The van der Waals surface area contributed by atoms with Gasteiger partial charge in [-0.1, -0.05) is 64.5 Å². The van der Waals surface area contributed by atoms with Gasteiger partial charge >= 0.3 is 0 Å². The van der Waals surface area contributed by atoms with Gasteiger partial charge in [0.15, 0.2) is 5.11 Å². The molecule has 3 aromatic carbocycles. The minimum atomic E-state index is -0.272. The van der Waals surface area contributed by atoms with Crippen molar-refractivity contribution in [1.82, 2.24) is 15.2 Å². The Labute approximate surface area is 246 Å². The number of nitrogens with one attached hydrogen (secondary N) is 2. The maximum Gasteiger partial charge on any atom is 0.226 e. The summed E-state index contributed by atoms with van der Waals surface area (Å²) in [5, 5.41) is 9.17. The first kappa shape index (κ1) is 26.2. The lowest BCUT2D eigenvalue weighted by Gasteiger charge is -2.26. The molecule has 6 rings (SSSR count). The van der Waals surface area contributed by atoms with Crippen LogP contribution in [0.15, 0.2) is 106 Å². The molecule has 8 heteroatoms. The van der Waals surface area contributed by atoms with E-state index >= 15 is 0 Å². The van der Waals surface area contributed by atoms with Crippen molar-refractivity contribution in [1.29, 1.82) is 0 Å². The number of aryl methyl sites for hydroxylation is 1. The van der Waals surface area contributed by atoms with Gasteiger partial charge in [0.2, 0.25) is 5.91 Å². The summed E-state index contributed by atoms with van der Waals surface area (Å²) in [5.41, 5.74) is 3.79. The van der Waals surface area contributed by atoms with Crippen molar-refractivity contribution in [2.45, 2.75) is 25.4 Å². The highest BCUT2D eigenvalue weighted by Crippen LogP contribution is 2.41. The lowest BCUT2D eigenvalue weighted by atomic mass is 10.0. The molecule has 2 atom stereocenters. The minimum absolute atomic E-state index is 0.0806. The van der Waals surface area contributed by atoms with Crippen LogP contribution in [-0.2, 0) is 4.79 Å². The smallest absolute Gasteiger partial charge is 0.226 e.